The molecule has 120 valence electrons. The van der Waals surface area contributed by atoms with Crippen LogP contribution in [0, 0.1) is 11.8 Å². The van der Waals surface area contributed by atoms with Gasteiger partial charge in [-0.1, -0.05) is 6.92 Å². The maximum absolute atomic E-state index is 12.3. The minimum atomic E-state index is -0.766. The fourth-order valence-corrected chi connectivity index (χ4v) is 2.98. The molecule has 0 spiro atoms. The number of nitrogens with zero attached hydrogens (tertiary/aromatic N) is 2. The van der Waals surface area contributed by atoms with Crippen molar-refractivity contribution in [2.45, 2.75) is 26.2 Å². The van der Waals surface area contributed by atoms with Gasteiger partial charge in [-0.15, -0.1) is 0 Å². The van der Waals surface area contributed by atoms with Crippen molar-refractivity contribution in [3.8, 4) is 0 Å². The van der Waals surface area contributed by atoms with E-state index in [0.717, 1.165) is 19.4 Å². The average Bonchev–Trinajstić information content (AvgIpc) is 2.47. The summed E-state index contributed by atoms with van der Waals surface area (Å²) < 4.78 is 5.25. The number of amides is 2. The molecule has 2 heterocycles. The summed E-state index contributed by atoms with van der Waals surface area (Å²) in [4.78, 5) is 24.9. The van der Waals surface area contributed by atoms with E-state index < -0.39 is 5.97 Å². The van der Waals surface area contributed by atoms with E-state index in [4.69, 9.17) is 9.84 Å². The number of likely N-dealkylation sites (tertiary alicyclic amines) is 1. The largest absolute Gasteiger partial charge is 0.481 e. The van der Waals surface area contributed by atoms with Crippen LogP contribution in [0.2, 0.25) is 0 Å². The second-order valence-corrected chi connectivity index (χ2v) is 5.94. The summed E-state index contributed by atoms with van der Waals surface area (Å²) >= 11 is 0. The first-order valence-electron chi connectivity index (χ1n) is 7.66. The number of hydrogen-bond donors (Lipinski definition) is 2. The molecule has 2 rings (SSSR count). The quantitative estimate of drug-likeness (QED) is 0.801. The van der Waals surface area contributed by atoms with E-state index in [2.05, 4.69) is 5.43 Å². The van der Waals surface area contributed by atoms with Crippen LogP contribution in [0.5, 0.6) is 0 Å². The molecule has 7 nitrogen and oxygen atoms in total. The van der Waals surface area contributed by atoms with Crippen molar-refractivity contribution in [3.05, 3.63) is 0 Å². The molecule has 2 aliphatic rings. The Morgan fingerprint density at radius 3 is 2.71 bits per heavy atom. The van der Waals surface area contributed by atoms with Gasteiger partial charge in [0.2, 0.25) is 0 Å². The molecule has 2 fully saturated rings. The second-order valence-electron chi connectivity index (χ2n) is 5.94. The van der Waals surface area contributed by atoms with Crippen LogP contribution in [-0.4, -0.2) is 66.4 Å². The van der Waals surface area contributed by atoms with Gasteiger partial charge in [-0.2, -0.15) is 0 Å². The third kappa shape index (κ3) is 4.86. The molecule has 0 aromatic rings. The highest BCUT2D eigenvalue weighted by Crippen LogP contribution is 2.26. The third-order valence-electron chi connectivity index (χ3n) is 4.31. The SMILES string of the molecule is CC(CC(=O)O)C1CCCN(C(=O)NN2CCOCC2)C1. The lowest BCUT2D eigenvalue weighted by Crippen LogP contribution is -2.54. The van der Waals surface area contributed by atoms with Crippen LogP contribution in [0.3, 0.4) is 0 Å². The Labute approximate surface area is 125 Å². The summed E-state index contributed by atoms with van der Waals surface area (Å²) in [5, 5.41) is 10.8. The van der Waals surface area contributed by atoms with Gasteiger partial charge in [0, 0.05) is 32.6 Å². The number of ether oxygens (including phenoxy) is 1. The van der Waals surface area contributed by atoms with Crippen molar-refractivity contribution in [1.29, 1.82) is 0 Å². The summed E-state index contributed by atoms with van der Waals surface area (Å²) in [5.41, 5.74) is 2.91. The van der Waals surface area contributed by atoms with Gasteiger partial charge in [0.25, 0.3) is 0 Å². The molecule has 2 amide bonds. The molecule has 0 aromatic heterocycles. The monoisotopic (exact) mass is 299 g/mol. The van der Waals surface area contributed by atoms with Gasteiger partial charge in [0.1, 0.15) is 0 Å². The van der Waals surface area contributed by atoms with E-state index >= 15 is 0 Å². The van der Waals surface area contributed by atoms with Crippen LogP contribution < -0.4 is 5.43 Å². The van der Waals surface area contributed by atoms with Gasteiger partial charge >= 0.3 is 12.0 Å². The lowest BCUT2D eigenvalue weighted by atomic mass is 9.85. The first-order valence-corrected chi connectivity index (χ1v) is 7.66. The molecule has 0 saturated carbocycles. The third-order valence-corrected chi connectivity index (χ3v) is 4.31. The topological polar surface area (TPSA) is 82.1 Å². The van der Waals surface area contributed by atoms with Crippen molar-refractivity contribution in [3.63, 3.8) is 0 Å². The number of hydrogen-bond acceptors (Lipinski definition) is 4. The smallest absolute Gasteiger partial charge is 0.331 e. The number of carboxylic acid groups (broad SMARTS) is 1. The minimum Gasteiger partial charge on any atom is -0.481 e. The number of rotatable bonds is 4. The van der Waals surface area contributed by atoms with Gasteiger partial charge in [-0.25, -0.2) is 9.80 Å². The van der Waals surface area contributed by atoms with Gasteiger partial charge in [0.05, 0.1) is 13.2 Å². The van der Waals surface area contributed by atoms with Crippen LogP contribution in [0.25, 0.3) is 0 Å². The van der Waals surface area contributed by atoms with Crippen molar-refractivity contribution in [2.24, 2.45) is 11.8 Å². The van der Waals surface area contributed by atoms with Crippen LogP contribution >= 0.6 is 0 Å². The van der Waals surface area contributed by atoms with Crippen molar-refractivity contribution >= 4 is 12.0 Å². The molecular formula is C14H25N3O4. The second kappa shape index (κ2) is 7.61. The van der Waals surface area contributed by atoms with Gasteiger partial charge in [-0.05, 0) is 24.7 Å². The van der Waals surface area contributed by atoms with E-state index in [-0.39, 0.29) is 24.3 Å². The maximum Gasteiger partial charge on any atom is 0.331 e. The lowest BCUT2D eigenvalue weighted by Gasteiger charge is -2.37. The first-order chi connectivity index (χ1) is 10.1. The first kappa shape index (κ1) is 16.0. The zero-order chi connectivity index (χ0) is 15.2. The number of hydrazine groups is 1. The molecule has 2 unspecified atom stereocenters. The molecule has 7 heteroatoms. The number of morpholine rings is 1. The fourth-order valence-electron chi connectivity index (χ4n) is 2.98. The molecular weight excluding hydrogens is 274 g/mol. The number of carbonyl (C=O) groups excluding carboxylic acids is 1. The van der Waals surface area contributed by atoms with Crippen LogP contribution in [0.4, 0.5) is 4.79 Å². The predicted molar refractivity (Wildman–Crippen MR) is 76.6 cm³/mol. The Bertz CT molecular complexity index is 371. The maximum atomic E-state index is 12.3. The van der Waals surface area contributed by atoms with E-state index in [1.807, 2.05) is 16.8 Å². The fraction of sp³-hybridized carbons (Fsp3) is 0.857. The Kier molecular flexibility index (Phi) is 5.81. The number of urea groups is 1. The van der Waals surface area contributed by atoms with Crippen molar-refractivity contribution in [2.75, 3.05) is 39.4 Å². The predicted octanol–water partition coefficient (Wildman–Crippen LogP) is 0.766. The van der Waals surface area contributed by atoms with Gasteiger partial charge in [0.15, 0.2) is 0 Å². The van der Waals surface area contributed by atoms with E-state index in [1.165, 1.54) is 0 Å². The molecule has 0 aliphatic carbocycles. The minimum absolute atomic E-state index is 0.0795. The highest BCUT2D eigenvalue weighted by atomic mass is 16.5. The summed E-state index contributed by atoms with van der Waals surface area (Å²) in [6, 6.07) is -0.0795. The normalized spacial score (nSPS) is 25.4. The Morgan fingerprint density at radius 1 is 1.33 bits per heavy atom. The van der Waals surface area contributed by atoms with Gasteiger partial charge < -0.3 is 14.7 Å². The summed E-state index contributed by atoms with van der Waals surface area (Å²) in [7, 11) is 0. The number of carboxylic acids is 1. The highest BCUT2D eigenvalue weighted by Gasteiger charge is 2.29. The lowest BCUT2D eigenvalue weighted by molar-refractivity contribution is -0.138. The van der Waals surface area contributed by atoms with E-state index in [0.29, 0.717) is 32.8 Å². The van der Waals surface area contributed by atoms with E-state index in [1.54, 1.807) is 0 Å². The summed E-state index contributed by atoms with van der Waals surface area (Å²) in [5.74, 6) is -0.399. The van der Waals surface area contributed by atoms with E-state index in [9.17, 15) is 9.59 Å². The Balaban J connectivity index is 1.81. The highest BCUT2D eigenvalue weighted by molar-refractivity contribution is 5.73. The molecule has 0 aromatic carbocycles. The molecule has 2 saturated heterocycles. The molecule has 2 atom stereocenters. The summed E-state index contributed by atoms with van der Waals surface area (Å²) in [6.45, 7) is 6.03. The van der Waals surface area contributed by atoms with Crippen molar-refractivity contribution < 1.29 is 19.4 Å². The number of piperidine rings is 1. The molecule has 0 radical (unpaired) electrons. The zero-order valence-electron chi connectivity index (χ0n) is 12.6. The van der Waals surface area contributed by atoms with Crippen LogP contribution in [0.1, 0.15) is 26.2 Å². The Hall–Kier alpha value is -1.34. The summed E-state index contributed by atoms with van der Waals surface area (Å²) in [6.07, 6.45) is 2.10. The molecule has 0 bridgehead atoms. The van der Waals surface area contributed by atoms with Gasteiger partial charge in [-0.3, -0.25) is 10.2 Å². The van der Waals surface area contributed by atoms with Crippen LogP contribution in [-0.2, 0) is 9.53 Å². The Morgan fingerprint density at radius 2 is 2.05 bits per heavy atom. The number of carbonyl (C=O) groups is 2. The molecule has 21 heavy (non-hydrogen) atoms. The van der Waals surface area contributed by atoms with Crippen molar-refractivity contribution in [1.82, 2.24) is 15.3 Å². The zero-order valence-corrected chi connectivity index (χ0v) is 12.6. The standard InChI is InChI=1S/C14H25N3O4/c1-11(9-13(18)19)12-3-2-4-16(10-12)14(20)15-17-5-7-21-8-6-17/h11-12H,2-10H2,1H3,(H,15,20)(H,18,19). The molecule has 2 N–H and O–H groups in total. The number of nitrogens with one attached hydrogen (secondary N) is 1. The van der Waals surface area contributed by atoms with Crippen LogP contribution in [0.15, 0.2) is 0 Å². The number of aliphatic carboxylic acids is 1. The molecule has 2 aliphatic heterocycles. The average molecular weight is 299 g/mol.